The highest BCUT2D eigenvalue weighted by molar-refractivity contribution is 9.10. The van der Waals surface area contributed by atoms with Gasteiger partial charge in [-0.3, -0.25) is 9.36 Å². The fourth-order valence-electron chi connectivity index (χ4n) is 3.08. The molecule has 5 heteroatoms. The van der Waals surface area contributed by atoms with E-state index in [4.69, 9.17) is 0 Å². The first kappa shape index (κ1) is 17.9. The van der Waals surface area contributed by atoms with E-state index in [1.165, 1.54) is 0 Å². The molecule has 0 N–H and O–H groups in total. The summed E-state index contributed by atoms with van der Waals surface area (Å²) in [7, 11) is 0. The molecule has 0 radical (unpaired) electrons. The molecule has 0 aliphatic carbocycles. The van der Waals surface area contributed by atoms with Crippen LogP contribution in [0.2, 0.25) is 0 Å². The van der Waals surface area contributed by atoms with Crippen molar-refractivity contribution in [1.29, 1.82) is 5.26 Å². The quantitative estimate of drug-likeness (QED) is 0.422. The van der Waals surface area contributed by atoms with Crippen LogP contribution in [0.3, 0.4) is 0 Å². The van der Waals surface area contributed by atoms with Gasteiger partial charge in [0.2, 0.25) is 0 Å². The number of aromatic nitrogens is 2. The molecule has 2 heterocycles. The first-order chi connectivity index (χ1) is 13.7. The van der Waals surface area contributed by atoms with Gasteiger partial charge in [0.25, 0.3) is 5.56 Å². The van der Waals surface area contributed by atoms with Gasteiger partial charge in [0, 0.05) is 28.6 Å². The maximum absolute atomic E-state index is 13.3. The molecular formula is C23H14BrN3O. The second-order valence-corrected chi connectivity index (χ2v) is 6.97. The number of hydrogen-bond acceptors (Lipinski definition) is 3. The van der Waals surface area contributed by atoms with Crippen molar-refractivity contribution in [3.63, 3.8) is 0 Å². The normalized spacial score (nSPS) is 10.4. The largest absolute Gasteiger partial charge is 0.283 e. The van der Waals surface area contributed by atoms with Crippen LogP contribution in [-0.4, -0.2) is 9.55 Å². The molecule has 4 nitrogen and oxygen atoms in total. The van der Waals surface area contributed by atoms with E-state index in [1.54, 1.807) is 35.0 Å². The summed E-state index contributed by atoms with van der Waals surface area (Å²) in [5.74, 6) is 0. The van der Waals surface area contributed by atoms with Crippen LogP contribution in [0.1, 0.15) is 5.56 Å². The Morgan fingerprint density at radius 2 is 1.64 bits per heavy atom. The topological polar surface area (TPSA) is 58.7 Å². The summed E-state index contributed by atoms with van der Waals surface area (Å²) in [6.07, 6.45) is 1.78. The molecule has 4 aromatic rings. The number of halogens is 1. The van der Waals surface area contributed by atoms with Crippen LogP contribution in [0.5, 0.6) is 0 Å². The Hall–Kier alpha value is -3.49. The monoisotopic (exact) mass is 427 g/mol. The molecule has 0 saturated carbocycles. The lowest BCUT2D eigenvalue weighted by molar-refractivity contribution is 0.993. The van der Waals surface area contributed by atoms with Crippen LogP contribution < -0.4 is 5.56 Å². The molecule has 0 atom stereocenters. The highest BCUT2D eigenvalue weighted by Gasteiger charge is 2.15. The van der Waals surface area contributed by atoms with Gasteiger partial charge in [-0.15, -0.1) is 0 Å². The van der Waals surface area contributed by atoms with Gasteiger partial charge in [0.05, 0.1) is 17.3 Å². The SMILES string of the molecule is N#Cc1ccccc1-c1cc(-c2cccc(Br)n2)cn(-c2ccccc2)c1=O. The van der Waals surface area contributed by atoms with Crippen molar-refractivity contribution in [3.8, 4) is 34.1 Å². The van der Waals surface area contributed by atoms with Crippen LogP contribution in [-0.2, 0) is 0 Å². The van der Waals surface area contributed by atoms with Gasteiger partial charge in [-0.2, -0.15) is 5.26 Å². The van der Waals surface area contributed by atoms with Crippen molar-refractivity contribution < 1.29 is 0 Å². The predicted octanol–water partition coefficient (Wildman–Crippen LogP) is 5.20. The van der Waals surface area contributed by atoms with E-state index in [-0.39, 0.29) is 5.56 Å². The van der Waals surface area contributed by atoms with Crippen molar-refractivity contribution in [1.82, 2.24) is 9.55 Å². The molecule has 4 rings (SSSR count). The molecule has 134 valence electrons. The van der Waals surface area contributed by atoms with E-state index in [2.05, 4.69) is 27.0 Å². The van der Waals surface area contributed by atoms with Gasteiger partial charge in [0.15, 0.2) is 0 Å². The Kier molecular flexibility index (Phi) is 4.88. The standard InChI is InChI=1S/C23H14BrN3O/c24-22-12-6-11-21(26-22)17-13-20(19-10-5-4-7-16(19)14-25)23(28)27(15-17)18-8-2-1-3-9-18/h1-13,15H. The van der Waals surface area contributed by atoms with Gasteiger partial charge < -0.3 is 0 Å². The van der Waals surface area contributed by atoms with E-state index in [9.17, 15) is 10.1 Å². The number of benzene rings is 2. The Labute approximate surface area is 170 Å². The Balaban J connectivity index is 2.05. The van der Waals surface area contributed by atoms with Crippen molar-refractivity contribution in [2.24, 2.45) is 0 Å². The van der Waals surface area contributed by atoms with Gasteiger partial charge in [0.1, 0.15) is 4.60 Å². The van der Waals surface area contributed by atoms with Gasteiger partial charge in [-0.05, 0) is 52.3 Å². The second-order valence-electron chi connectivity index (χ2n) is 6.16. The molecule has 0 amide bonds. The van der Waals surface area contributed by atoms with Crippen molar-refractivity contribution in [2.45, 2.75) is 0 Å². The first-order valence-corrected chi connectivity index (χ1v) is 9.41. The highest BCUT2D eigenvalue weighted by atomic mass is 79.9. The lowest BCUT2D eigenvalue weighted by atomic mass is 9.99. The number of nitriles is 1. The third-order valence-corrected chi connectivity index (χ3v) is 4.84. The maximum atomic E-state index is 13.3. The van der Waals surface area contributed by atoms with Crippen LogP contribution in [0.25, 0.3) is 28.1 Å². The minimum Gasteiger partial charge on any atom is -0.283 e. The highest BCUT2D eigenvalue weighted by Crippen LogP contribution is 2.26. The van der Waals surface area contributed by atoms with E-state index in [1.807, 2.05) is 54.6 Å². The molecule has 2 aromatic heterocycles. The van der Waals surface area contributed by atoms with E-state index < -0.39 is 0 Å². The number of rotatable bonds is 3. The average Bonchev–Trinajstić information content (AvgIpc) is 2.74. The second kappa shape index (κ2) is 7.63. The van der Waals surface area contributed by atoms with Crippen LogP contribution in [0.4, 0.5) is 0 Å². The third kappa shape index (κ3) is 3.38. The Bertz CT molecular complexity index is 1260. The third-order valence-electron chi connectivity index (χ3n) is 4.40. The number of nitrogens with zero attached hydrogens (tertiary/aromatic N) is 3. The number of pyridine rings is 2. The Morgan fingerprint density at radius 1 is 0.893 bits per heavy atom. The van der Waals surface area contributed by atoms with Gasteiger partial charge in [-0.25, -0.2) is 4.98 Å². The summed E-state index contributed by atoms with van der Waals surface area (Å²) in [6, 6.07) is 26.2. The van der Waals surface area contributed by atoms with Crippen LogP contribution in [0, 0.1) is 11.3 Å². The molecule has 0 aliphatic rings. The average molecular weight is 428 g/mol. The minimum atomic E-state index is -0.187. The minimum absolute atomic E-state index is 0.187. The van der Waals surface area contributed by atoms with Crippen molar-refractivity contribution >= 4 is 15.9 Å². The summed E-state index contributed by atoms with van der Waals surface area (Å²) < 4.78 is 2.31. The zero-order valence-electron chi connectivity index (χ0n) is 14.7. The molecule has 0 bridgehead atoms. The molecule has 0 unspecified atom stereocenters. The predicted molar refractivity (Wildman–Crippen MR) is 113 cm³/mol. The van der Waals surface area contributed by atoms with Crippen molar-refractivity contribution in [3.05, 3.63) is 106 Å². The van der Waals surface area contributed by atoms with E-state index in [0.29, 0.717) is 21.3 Å². The van der Waals surface area contributed by atoms with Crippen LogP contribution in [0.15, 0.2) is 94.5 Å². The van der Waals surface area contributed by atoms with Crippen molar-refractivity contribution in [2.75, 3.05) is 0 Å². The summed E-state index contributed by atoms with van der Waals surface area (Å²) in [5.41, 5.74) is 3.60. The molecule has 28 heavy (non-hydrogen) atoms. The zero-order chi connectivity index (χ0) is 19.5. The maximum Gasteiger partial charge on any atom is 0.263 e. The summed E-state index contributed by atoms with van der Waals surface area (Å²) in [4.78, 5) is 17.8. The smallest absolute Gasteiger partial charge is 0.263 e. The molecule has 2 aromatic carbocycles. The summed E-state index contributed by atoms with van der Waals surface area (Å²) in [5, 5.41) is 9.50. The van der Waals surface area contributed by atoms with Gasteiger partial charge >= 0.3 is 0 Å². The molecule has 0 fully saturated rings. The summed E-state index contributed by atoms with van der Waals surface area (Å²) >= 11 is 3.40. The zero-order valence-corrected chi connectivity index (χ0v) is 16.3. The number of hydrogen-bond donors (Lipinski definition) is 0. The first-order valence-electron chi connectivity index (χ1n) is 8.62. The number of para-hydroxylation sites is 1. The van der Waals surface area contributed by atoms with Crippen LogP contribution >= 0.6 is 15.9 Å². The molecule has 0 spiro atoms. The van der Waals surface area contributed by atoms with E-state index in [0.717, 1.165) is 16.9 Å². The Morgan fingerprint density at radius 3 is 2.39 bits per heavy atom. The molecular weight excluding hydrogens is 414 g/mol. The van der Waals surface area contributed by atoms with Gasteiger partial charge in [-0.1, -0.05) is 42.5 Å². The molecule has 0 saturated heterocycles. The summed E-state index contributed by atoms with van der Waals surface area (Å²) in [6.45, 7) is 0. The lowest BCUT2D eigenvalue weighted by Gasteiger charge is -2.13. The molecule has 0 aliphatic heterocycles. The lowest BCUT2D eigenvalue weighted by Crippen LogP contribution is -2.20. The fourth-order valence-corrected chi connectivity index (χ4v) is 3.42. The fraction of sp³-hybridized carbons (Fsp3) is 0. The van der Waals surface area contributed by atoms with E-state index >= 15 is 0 Å².